The van der Waals surface area contributed by atoms with Gasteiger partial charge in [0.2, 0.25) is 15.9 Å². The predicted octanol–water partition coefficient (Wildman–Crippen LogP) is 2.95. The molecule has 1 aromatic carbocycles. The number of fused-ring (bicyclic) bond motifs is 1. The van der Waals surface area contributed by atoms with Crippen LogP contribution < -0.4 is 4.90 Å². The van der Waals surface area contributed by atoms with Crippen molar-refractivity contribution in [3.8, 4) is 0 Å². The molecule has 0 atom stereocenters. The van der Waals surface area contributed by atoms with Crippen LogP contribution in [-0.4, -0.2) is 38.0 Å². The number of rotatable bonds is 4. The lowest BCUT2D eigenvalue weighted by Crippen LogP contribution is -2.30. The Balaban J connectivity index is 1.95. The van der Waals surface area contributed by atoms with E-state index in [9.17, 15) is 13.2 Å². The number of sulfonamides is 1. The van der Waals surface area contributed by atoms with Crippen LogP contribution >= 0.6 is 11.8 Å². The number of benzene rings is 1. The number of carbonyl (C=O) groups excluding carboxylic acids is 1. The summed E-state index contributed by atoms with van der Waals surface area (Å²) in [6, 6.07) is 8.44. The van der Waals surface area contributed by atoms with Crippen LogP contribution in [0.3, 0.4) is 0 Å². The molecule has 2 heterocycles. The number of amides is 1. The molecule has 0 saturated carbocycles. The molecule has 8 heteroatoms. The van der Waals surface area contributed by atoms with Gasteiger partial charge >= 0.3 is 0 Å². The highest BCUT2D eigenvalue weighted by atomic mass is 32.2. The number of furan rings is 1. The van der Waals surface area contributed by atoms with Gasteiger partial charge in [0, 0.05) is 25.4 Å². The van der Waals surface area contributed by atoms with Crippen LogP contribution in [0.5, 0.6) is 0 Å². The van der Waals surface area contributed by atoms with E-state index < -0.39 is 10.0 Å². The molecule has 0 aliphatic carbocycles. The number of hydrogen-bond donors (Lipinski definition) is 0. The van der Waals surface area contributed by atoms with Gasteiger partial charge in [-0.25, -0.2) is 8.42 Å². The van der Waals surface area contributed by atoms with E-state index in [1.807, 2.05) is 0 Å². The highest BCUT2D eigenvalue weighted by Crippen LogP contribution is 2.36. The summed E-state index contributed by atoms with van der Waals surface area (Å²) in [5.41, 5.74) is 0.669. The molecule has 2 aromatic rings. The Labute approximate surface area is 151 Å². The fraction of sp³-hybridized carbons (Fsp3) is 0.353. The fourth-order valence-corrected chi connectivity index (χ4v) is 4.86. The Morgan fingerprint density at radius 3 is 2.84 bits per heavy atom. The molecular formula is C17H20N2O4S2. The van der Waals surface area contributed by atoms with Gasteiger partial charge in [0.05, 0.1) is 23.4 Å². The van der Waals surface area contributed by atoms with E-state index in [2.05, 4.69) is 0 Å². The molecule has 0 unspecified atom stereocenters. The molecule has 0 spiro atoms. The van der Waals surface area contributed by atoms with Gasteiger partial charge in [0.25, 0.3) is 0 Å². The van der Waals surface area contributed by atoms with E-state index >= 15 is 0 Å². The van der Waals surface area contributed by atoms with Gasteiger partial charge in [0.1, 0.15) is 5.76 Å². The number of hydrogen-bond acceptors (Lipinski definition) is 5. The van der Waals surface area contributed by atoms with Gasteiger partial charge in [-0.05, 0) is 42.5 Å². The van der Waals surface area contributed by atoms with Crippen LogP contribution in [0.25, 0.3) is 0 Å². The van der Waals surface area contributed by atoms with E-state index in [4.69, 9.17) is 4.42 Å². The lowest BCUT2D eigenvalue weighted by molar-refractivity contribution is -0.116. The molecule has 1 amide bonds. The number of anilines is 1. The van der Waals surface area contributed by atoms with Gasteiger partial charge in [-0.2, -0.15) is 4.31 Å². The second kappa shape index (κ2) is 7.23. The Kier molecular flexibility index (Phi) is 5.21. The summed E-state index contributed by atoms with van der Waals surface area (Å²) in [5, 5.41) is 0. The van der Waals surface area contributed by atoms with E-state index in [1.54, 1.807) is 47.0 Å². The third-order valence-corrected chi connectivity index (χ3v) is 7.00. The monoisotopic (exact) mass is 380 g/mol. The molecule has 1 aliphatic rings. The molecule has 0 N–H and O–H groups in total. The first kappa shape index (κ1) is 18.0. The molecule has 0 saturated heterocycles. The second-order valence-corrected chi connectivity index (χ2v) is 9.02. The number of nitrogens with zero attached hydrogens (tertiary/aromatic N) is 2. The highest BCUT2D eigenvalue weighted by Gasteiger charge is 2.26. The molecule has 6 nitrogen and oxygen atoms in total. The summed E-state index contributed by atoms with van der Waals surface area (Å²) in [4.78, 5) is 14.7. The average Bonchev–Trinajstić information content (AvgIpc) is 2.98. The van der Waals surface area contributed by atoms with Crippen molar-refractivity contribution in [2.24, 2.45) is 0 Å². The van der Waals surface area contributed by atoms with E-state index in [-0.39, 0.29) is 17.3 Å². The Morgan fingerprint density at radius 2 is 2.16 bits per heavy atom. The van der Waals surface area contributed by atoms with E-state index in [0.29, 0.717) is 18.0 Å². The van der Waals surface area contributed by atoms with Crippen molar-refractivity contribution in [3.63, 3.8) is 0 Å². The standard InChI is InChI=1S/C17H20N2O4S2/c1-13(20)19-8-4-10-24-17-7-6-15(11-16(17)19)25(21,22)18(2)12-14-5-3-9-23-14/h3,5-7,9,11H,4,8,10,12H2,1-2H3. The maximum Gasteiger partial charge on any atom is 0.243 e. The summed E-state index contributed by atoms with van der Waals surface area (Å²) in [5.74, 6) is 1.39. The SMILES string of the molecule is CC(=O)N1CCCSc2ccc(S(=O)(=O)N(C)Cc3ccco3)cc21. The lowest BCUT2D eigenvalue weighted by atomic mass is 10.2. The largest absolute Gasteiger partial charge is 0.468 e. The van der Waals surface area contributed by atoms with Gasteiger partial charge < -0.3 is 9.32 Å². The quantitative estimate of drug-likeness (QED) is 0.816. The van der Waals surface area contributed by atoms with Crippen LogP contribution in [0.15, 0.2) is 50.8 Å². The zero-order valence-corrected chi connectivity index (χ0v) is 15.8. The van der Waals surface area contributed by atoms with Crippen LogP contribution in [0.2, 0.25) is 0 Å². The average molecular weight is 380 g/mol. The number of thioether (sulfide) groups is 1. The van der Waals surface area contributed by atoms with Crippen molar-refractivity contribution in [2.45, 2.75) is 29.7 Å². The van der Waals surface area contributed by atoms with Crippen molar-refractivity contribution in [3.05, 3.63) is 42.4 Å². The van der Waals surface area contributed by atoms with Gasteiger partial charge in [0.15, 0.2) is 0 Å². The zero-order chi connectivity index (χ0) is 18.0. The molecule has 3 rings (SSSR count). The Morgan fingerprint density at radius 1 is 1.36 bits per heavy atom. The molecule has 0 fully saturated rings. The summed E-state index contributed by atoms with van der Waals surface area (Å²) in [7, 11) is -2.17. The van der Waals surface area contributed by atoms with Crippen molar-refractivity contribution < 1.29 is 17.6 Å². The minimum Gasteiger partial charge on any atom is -0.468 e. The first-order valence-corrected chi connectivity index (χ1v) is 10.4. The highest BCUT2D eigenvalue weighted by molar-refractivity contribution is 7.99. The molecule has 1 aliphatic heterocycles. The van der Waals surface area contributed by atoms with Crippen LogP contribution in [0, 0.1) is 0 Å². The summed E-state index contributed by atoms with van der Waals surface area (Å²) in [6.07, 6.45) is 2.39. The maximum atomic E-state index is 12.9. The number of carbonyl (C=O) groups is 1. The topological polar surface area (TPSA) is 70.8 Å². The maximum absolute atomic E-state index is 12.9. The molecule has 25 heavy (non-hydrogen) atoms. The summed E-state index contributed by atoms with van der Waals surface area (Å²) < 4.78 is 32.2. The van der Waals surface area contributed by atoms with E-state index in [0.717, 1.165) is 17.1 Å². The van der Waals surface area contributed by atoms with Crippen molar-refractivity contribution in [2.75, 3.05) is 24.2 Å². The first-order chi connectivity index (χ1) is 11.9. The van der Waals surface area contributed by atoms with Crippen molar-refractivity contribution >= 4 is 33.4 Å². The minimum absolute atomic E-state index is 0.0813. The third-order valence-electron chi connectivity index (χ3n) is 4.05. The summed E-state index contributed by atoms with van der Waals surface area (Å²) in [6.45, 7) is 2.25. The first-order valence-electron chi connectivity index (χ1n) is 7.93. The van der Waals surface area contributed by atoms with Crippen molar-refractivity contribution in [1.29, 1.82) is 0 Å². The molecule has 134 valence electrons. The van der Waals surface area contributed by atoms with Crippen LogP contribution in [0.4, 0.5) is 5.69 Å². The Hall–Kier alpha value is -1.77. The summed E-state index contributed by atoms with van der Waals surface area (Å²) >= 11 is 1.64. The normalized spacial score (nSPS) is 15.1. The van der Waals surface area contributed by atoms with Gasteiger partial charge in [-0.1, -0.05) is 0 Å². The van der Waals surface area contributed by atoms with Crippen LogP contribution in [-0.2, 0) is 21.4 Å². The lowest BCUT2D eigenvalue weighted by Gasteiger charge is -2.22. The van der Waals surface area contributed by atoms with Crippen molar-refractivity contribution in [1.82, 2.24) is 4.31 Å². The second-order valence-electron chi connectivity index (χ2n) is 5.84. The minimum atomic E-state index is -3.68. The fourth-order valence-electron chi connectivity index (χ4n) is 2.73. The molecule has 0 bridgehead atoms. The van der Waals surface area contributed by atoms with Gasteiger partial charge in [-0.3, -0.25) is 4.79 Å². The Bertz CT molecular complexity index is 863. The molecular weight excluding hydrogens is 360 g/mol. The predicted molar refractivity (Wildman–Crippen MR) is 97.2 cm³/mol. The smallest absolute Gasteiger partial charge is 0.243 e. The zero-order valence-electron chi connectivity index (χ0n) is 14.1. The molecule has 1 aromatic heterocycles. The van der Waals surface area contributed by atoms with Crippen LogP contribution in [0.1, 0.15) is 19.1 Å². The van der Waals surface area contributed by atoms with Gasteiger partial charge in [-0.15, -0.1) is 11.8 Å². The molecule has 0 radical (unpaired) electrons. The van der Waals surface area contributed by atoms with E-state index in [1.165, 1.54) is 24.5 Å². The third kappa shape index (κ3) is 3.75.